The van der Waals surface area contributed by atoms with Crippen LogP contribution in [0.15, 0.2) is 122 Å². The molecule has 0 bridgehead atoms. The highest BCUT2D eigenvalue weighted by Crippen LogP contribution is 2.14. The molecule has 0 amide bonds. The maximum absolute atomic E-state index is 12.8. The van der Waals surface area contributed by atoms with Crippen LogP contribution in [-0.4, -0.2) is 37.2 Å². The van der Waals surface area contributed by atoms with E-state index in [2.05, 4.69) is 118 Å². The number of hydrogen-bond acceptors (Lipinski definition) is 6. The maximum atomic E-state index is 12.8. The van der Waals surface area contributed by atoms with Crippen LogP contribution in [0.1, 0.15) is 207 Å². The average Bonchev–Trinajstić information content (AvgIpc) is 3.29. The Labute approximate surface area is 392 Å². The van der Waals surface area contributed by atoms with Gasteiger partial charge in [-0.25, -0.2) is 0 Å². The van der Waals surface area contributed by atoms with Crippen molar-refractivity contribution in [2.75, 3.05) is 13.2 Å². The van der Waals surface area contributed by atoms with Crippen molar-refractivity contribution in [3.05, 3.63) is 122 Å². The largest absolute Gasteiger partial charge is 0.462 e. The van der Waals surface area contributed by atoms with E-state index < -0.39 is 6.10 Å². The topological polar surface area (TPSA) is 78.9 Å². The smallest absolute Gasteiger partial charge is 0.306 e. The first kappa shape index (κ1) is 59.8. The summed E-state index contributed by atoms with van der Waals surface area (Å²) in [5.41, 5.74) is 0. The van der Waals surface area contributed by atoms with Gasteiger partial charge >= 0.3 is 17.9 Å². The molecular weight excluding hydrogens is 793 g/mol. The monoisotopic (exact) mass is 885 g/mol. The summed E-state index contributed by atoms with van der Waals surface area (Å²) in [7, 11) is 0. The standard InChI is InChI=1S/C58H92O6/c1-4-7-10-13-16-19-22-25-27-28-29-30-32-33-36-39-42-45-48-51-57(60)63-54-55(53-62-56(59)50-47-44-41-38-35-24-21-18-15-12-9-6-3)64-58(61)52-49-46-43-40-37-34-31-26-23-20-17-14-11-8-5-2/h7-12,14,16-21,23,25-27,31,35,38,55H,4-6,13,15,22,24,28-30,32-34,36-37,39-54H2,1-3H3/b10-7-,11-8-,12-9-,17-14-,19-16-,21-18-,23-20-,27-25-,31-26-,38-35-. The Morgan fingerprint density at radius 3 is 1.09 bits per heavy atom. The maximum Gasteiger partial charge on any atom is 0.306 e. The molecule has 0 aromatic rings. The Balaban J connectivity index is 4.46. The number of allylic oxidation sites excluding steroid dienone is 20. The van der Waals surface area contributed by atoms with Crippen LogP contribution in [0.4, 0.5) is 0 Å². The molecule has 0 aliphatic carbocycles. The number of carbonyl (C=O) groups is 3. The number of carbonyl (C=O) groups excluding carboxylic acids is 3. The number of hydrogen-bond donors (Lipinski definition) is 0. The SMILES string of the molecule is CC\C=C/C=C\C=C/C=C\CCCCCCCC(=O)OC(COC(=O)CCCC/C=C\C/C=C\C/C=C\CC)COC(=O)CCCCCCCCCCC/C=C\C/C=C\C/C=C\CC. The summed E-state index contributed by atoms with van der Waals surface area (Å²) in [6, 6.07) is 0. The first-order valence-corrected chi connectivity index (χ1v) is 25.6. The van der Waals surface area contributed by atoms with Gasteiger partial charge < -0.3 is 14.2 Å². The molecule has 0 aromatic carbocycles. The molecule has 0 aromatic heterocycles. The molecule has 360 valence electrons. The minimum Gasteiger partial charge on any atom is -0.462 e. The second kappa shape index (κ2) is 51.4. The van der Waals surface area contributed by atoms with Crippen molar-refractivity contribution in [1.82, 2.24) is 0 Å². The molecule has 1 unspecified atom stereocenters. The quantitative estimate of drug-likeness (QED) is 0.0199. The van der Waals surface area contributed by atoms with Gasteiger partial charge in [0.25, 0.3) is 0 Å². The Bertz CT molecular complexity index is 1390. The fourth-order valence-electron chi connectivity index (χ4n) is 6.54. The summed E-state index contributed by atoms with van der Waals surface area (Å²) >= 11 is 0. The minimum absolute atomic E-state index is 0.106. The van der Waals surface area contributed by atoms with E-state index in [1.165, 1.54) is 38.5 Å². The van der Waals surface area contributed by atoms with Crippen molar-refractivity contribution in [2.45, 2.75) is 213 Å². The van der Waals surface area contributed by atoms with Gasteiger partial charge in [0.2, 0.25) is 0 Å². The van der Waals surface area contributed by atoms with Gasteiger partial charge in [0, 0.05) is 19.3 Å². The number of ether oxygens (including phenoxy) is 3. The highest BCUT2D eigenvalue weighted by atomic mass is 16.6. The van der Waals surface area contributed by atoms with Crippen molar-refractivity contribution in [3.8, 4) is 0 Å². The highest BCUT2D eigenvalue weighted by Gasteiger charge is 2.19. The molecule has 64 heavy (non-hydrogen) atoms. The van der Waals surface area contributed by atoms with Gasteiger partial charge in [0.05, 0.1) is 0 Å². The van der Waals surface area contributed by atoms with E-state index in [1.807, 2.05) is 24.3 Å². The Morgan fingerprint density at radius 1 is 0.328 bits per heavy atom. The lowest BCUT2D eigenvalue weighted by atomic mass is 10.1. The predicted octanol–water partition coefficient (Wildman–Crippen LogP) is 16.9. The Hall–Kier alpha value is -4.19. The van der Waals surface area contributed by atoms with Gasteiger partial charge in [-0.2, -0.15) is 0 Å². The van der Waals surface area contributed by atoms with Crippen molar-refractivity contribution in [1.29, 1.82) is 0 Å². The first-order chi connectivity index (χ1) is 31.5. The molecule has 0 aliphatic heterocycles. The molecule has 0 spiro atoms. The minimum atomic E-state index is -0.811. The molecule has 0 saturated heterocycles. The van der Waals surface area contributed by atoms with E-state index in [0.29, 0.717) is 12.8 Å². The second-order valence-corrected chi connectivity index (χ2v) is 16.4. The molecule has 0 radical (unpaired) electrons. The van der Waals surface area contributed by atoms with Crippen LogP contribution < -0.4 is 0 Å². The van der Waals surface area contributed by atoms with Gasteiger partial charge in [-0.1, -0.05) is 206 Å². The Morgan fingerprint density at radius 2 is 0.641 bits per heavy atom. The van der Waals surface area contributed by atoms with Crippen LogP contribution in [0.5, 0.6) is 0 Å². The normalized spacial score (nSPS) is 13.1. The first-order valence-electron chi connectivity index (χ1n) is 25.6. The Kier molecular flexibility index (Phi) is 48.1. The summed E-state index contributed by atoms with van der Waals surface area (Å²) in [5, 5.41) is 0. The molecule has 0 saturated carbocycles. The van der Waals surface area contributed by atoms with Crippen molar-refractivity contribution >= 4 is 17.9 Å². The molecule has 6 nitrogen and oxygen atoms in total. The molecule has 0 aliphatic rings. The number of esters is 3. The van der Waals surface area contributed by atoms with Crippen molar-refractivity contribution in [2.24, 2.45) is 0 Å². The van der Waals surface area contributed by atoms with Gasteiger partial charge in [0.15, 0.2) is 6.10 Å². The summed E-state index contributed by atoms with van der Waals surface area (Å²) < 4.78 is 16.7. The molecule has 0 N–H and O–H groups in total. The van der Waals surface area contributed by atoms with Crippen molar-refractivity contribution in [3.63, 3.8) is 0 Å². The zero-order valence-electron chi connectivity index (χ0n) is 41.0. The van der Waals surface area contributed by atoms with E-state index in [0.717, 1.165) is 128 Å². The van der Waals surface area contributed by atoms with Gasteiger partial charge in [-0.3, -0.25) is 14.4 Å². The van der Waals surface area contributed by atoms with Crippen LogP contribution in [0.3, 0.4) is 0 Å². The van der Waals surface area contributed by atoms with Gasteiger partial charge in [-0.05, 0) is 103 Å². The van der Waals surface area contributed by atoms with Crippen LogP contribution >= 0.6 is 0 Å². The van der Waals surface area contributed by atoms with Crippen LogP contribution in [-0.2, 0) is 28.6 Å². The lowest BCUT2D eigenvalue weighted by Crippen LogP contribution is -2.30. The summed E-state index contributed by atoms with van der Waals surface area (Å²) in [5.74, 6) is -0.984. The molecule has 0 rings (SSSR count). The molecule has 6 heteroatoms. The third-order valence-corrected chi connectivity index (χ3v) is 10.3. The summed E-state index contributed by atoms with van der Waals surface area (Å²) in [6.45, 7) is 6.20. The van der Waals surface area contributed by atoms with E-state index in [9.17, 15) is 14.4 Å². The zero-order chi connectivity index (χ0) is 46.5. The van der Waals surface area contributed by atoms with E-state index in [4.69, 9.17) is 14.2 Å². The van der Waals surface area contributed by atoms with E-state index in [1.54, 1.807) is 0 Å². The predicted molar refractivity (Wildman–Crippen MR) is 274 cm³/mol. The fourth-order valence-corrected chi connectivity index (χ4v) is 6.54. The average molecular weight is 885 g/mol. The molecule has 0 fully saturated rings. The van der Waals surface area contributed by atoms with E-state index >= 15 is 0 Å². The molecule has 1 atom stereocenters. The lowest BCUT2D eigenvalue weighted by Gasteiger charge is -2.18. The second-order valence-electron chi connectivity index (χ2n) is 16.4. The third kappa shape index (κ3) is 48.8. The zero-order valence-corrected chi connectivity index (χ0v) is 41.0. The summed E-state index contributed by atoms with van der Waals surface area (Å²) in [4.78, 5) is 38.0. The van der Waals surface area contributed by atoms with Crippen LogP contribution in [0.2, 0.25) is 0 Å². The lowest BCUT2D eigenvalue weighted by molar-refractivity contribution is -0.167. The van der Waals surface area contributed by atoms with Crippen LogP contribution in [0.25, 0.3) is 0 Å². The molecular formula is C58H92O6. The summed E-state index contributed by atoms with van der Waals surface area (Å²) in [6.07, 6.45) is 70.4. The fraction of sp³-hybridized carbons (Fsp3) is 0.603. The highest BCUT2D eigenvalue weighted by molar-refractivity contribution is 5.71. The number of rotatable bonds is 44. The van der Waals surface area contributed by atoms with Gasteiger partial charge in [-0.15, -0.1) is 0 Å². The van der Waals surface area contributed by atoms with Crippen molar-refractivity contribution < 1.29 is 28.6 Å². The third-order valence-electron chi connectivity index (χ3n) is 10.3. The number of unbranched alkanes of at least 4 members (excludes halogenated alkanes) is 16. The molecule has 0 heterocycles. The van der Waals surface area contributed by atoms with Gasteiger partial charge in [0.1, 0.15) is 13.2 Å². The van der Waals surface area contributed by atoms with Crippen LogP contribution in [0, 0.1) is 0 Å². The van der Waals surface area contributed by atoms with E-state index in [-0.39, 0.29) is 37.5 Å².